The van der Waals surface area contributed by atoms with Gasteiger partial charge in [-0.1, -0.05) is 32.8 Å². The zero-order valence-electron chi connectivity index (χ0n) is 14.9. The molecular weight excluding hydrogens is 284 g/mol. The van der Waals surface area contributed by atoms with Crippen LogP contribution in [0.1, 0.15) is 72.1 Å². The van der Waals surface area contributed by atoms with E-state index in [4.69, 9.17) is 0 Å². The molecule has 2 nitrogen and oxygen atoms in total. The molecule has 23 heavy (non-hydrogen) atoms. The standard InChI is InChI=1S/C21H30O2/c1-4-13-11-18(23)21(3)10-8-17-16(19(13)21)6-5-14-12-15(22)7-9-20(14,17)2/h12-13,16-17,19H,4-11H2,1-3H3/t13?,16-,17-,19+,20+,21-/m1/s1. The third-order valence-corrected chi connectivity index (χ3v) is 8.33. The summed E-state index contributed by atoms with van der Waals surface area (Å²) in [5, 5.41) is 0. The summed E-state index contributed by atoms with van der Waals surface area (Å²) in [6.07, 6.45) is 10.2. The Balaban J connectivity index is 1.72. The first-order valence-corrected chi connectivity index (χ1v) is 9.67. The summed E-state index contributed by atoms with van der Waals surface area (Å²) in [4.78, 5) is 24.6. The first kappa shape index (κ1) is 15.6. The van der Waals surface area contributed by atoms with Crippen molar-refractivity contribution in [1.29, 1.82) is 0 Å². The first-order valence-electron chi connectivity index (χ1n) is 9.67. The molecule has 0 amide bonds. The number of Topliss-reactive ketones (excluding diaryl/α,β-unsaturated/α-hetero) is 1. The highest BCUT2D eigenvalue weighted by Crippen LogP contribution is 2.65. The van der Waals surface area contributed by atoms with Crippen molar-refractivity contribution in [2.75, 3.05) is 0 Å². The van der Waals surface area contributed by atoms with Crippen molar-refractivity contribution in [1.82, 2.24) is 0 Å². The predicted molar refractivity (Wildman–Crippen MR) is 90.9 cm³/mol. The summed E-state index contributed by atoms with van der Waals surface area (Å²) in [5.74, 6) is 3.45. The van der Waals surface area contributed by atoms with Crippen LogP contribution in [0.25, 0.3) is 0 Å². The van der Waals surface area contributed by atoms with Crippen molar-refractivity contribution >= 4 is 11.6 Å². The van der Waals surface area contributed by atoms with E-state index in [1.54, 1.807) is 0 Å². The Morgan fingerprint density at radius 1 is 1.09 bits per heavy atom. The van der Waals surface area contributed by atoms with Crippen LogP contribution in [0, 0.1) is 34.5 Å². The largest absolute Gasteiger partial charge is 0.299 e. The number of allylic oxidation sites excluding steroid dienone is 1. The van der Waals surface area contributed by atoms with Gasteiger partial charge in [0.15, 0.2) is 5.78 Å². The maximum atomic E-state index is 12.7. The summed E-state index contributed by atoms with van der Waals surface area (Å²) in [6.45, 7) is 6.95. The van der Waals surface area contributed by atoms with E-state index in [0.717, 1.165) is 38.5 Å². The van der Waals surface area contributed by atoms with E-state index in [2.05, 4.69) is 20.8 Å². The number of ketones is 2. The van der Waals surface area contributed by atoms with Gasteiger partial charge in [-0.15, -0.1) is 0 Å². The molecule has 0 saturated heterocycles. The fraction of sp³-hybridized carbons (Fsp3) is 0.810. The number of hydrogen-bond donors (Lipinski definition) is 0. The molecule has 3 fully saturated rings. The van der Waals surface area contributed by atoms with Gasteiger partial charge in [-0.05, 0) is 67.3 Å². The van der Waals surface area contributed by atoms with E-state index in [0.29, 0.717) is 35.2 Å². The highest BCUT2D eigenvalue weighted by Gasteiger charge is 2.61. The Hall–Kier alpha value is -0.920. The van der Waals surface area contributed by atoms with Gasteiger partial charge in [-0.25, -0.2) is 0 Å². The van der Waals surface area contributed by atoms with Gasteiger partial charge in [0, 0.05) is 18.3 Å². The molecule has 0 aliphatic heterocycles. The van der Waals surface area contributed by atoms with E-state index in [-0.39, 0.29) is 10.8 Å². The van der Waals surface area contributed by atoms with E-state index in [9.17, 15) is 9.59 Å². The van der Waals surface area contributed by atoms with E-state index in [1.165, 1.54) is 18.4 Å². The average Bonchev–Trinajstić information content (AvgIpc) is 2.79. The Bertz CT molecular complexity index is 589. The monoisotopic (exact) mass is 314 g/mol. The van der Waals surface area contributed by atoms with Crippen LogP contribution in [-0.4, -0.2) is 11.6 Å². The van der Waals surface area contributed by atoms with Gasteiger partial charge in [0.25, 0.3) is 0 Å². The molecule has 0 aromatic carbocycles. The van der Waals surface area contributed by atoms with Crippen molar-refractivity contribution in [2.45, 2.75) is 72.1 Å². The minimum Gasteiger partial charge on any atom is -0.299 e. The van der Waals surface area contributed by atoms with Gasteiger partial charge in [-0.3, -0.25) is 9.59 Å². The number of carbonyl (C=O) groups excluding carboxylic acids is 2. The molecule has 1 unspecified atom stereocenters. The molecule has 4 aliphatic carbocycles. The molecule has 0 spiro atoms. The molecule has 0 aromatic heterocycles. The predicted octanol–water partition coefficient (Wildman–Crippen LogP) is 4.72. The Labute approximate surface area is 140 Å². The van der Waals surface area contributed by atoms with Gasteiger partial charge in [-0.2, -0.15) is 0 Å². The second kappa shape index (κ2) is 5.04. The van der Waals surface area contributed by atoms with Gasteiger partial charge >= 0.3 is 0 Å². The van der Waals surface area contributed by atoms with Gasteiger partial charge in [0.1, 0.15) is 5.78 Å². The van der Waals surface area contributed by atoms with Crippen molar-refractivity contribution in [3.8, 4) is 0 Å². The van der Waals surface area contributed by atoms with Gasteiger partial charge in [0.2, 0.25) is 0 Å². The van der Waals surface area contributed by atoms with Crippen molar-refractivity contribution in [3.63, 3.8) is 0 Å². The minimum absolute atomic E-state index is 0.0517. The number of hydrogen-bond acceptors (Lipinski definition) is 2. The number of carbonyl (C=O) groups is 2. The molecular formula is C21H30O2. The Kier molecular flexibility index (Phi) is 3.42. The quantitative estimate of drug-likeness (QED) is 0.701. The third-order valence-electron chi connectivity index (χ3n) is 8.33. The second-order valence-electron chi connectivity index (χ2n) is 9.14. The first-order chi connectivity index (χ1) is 10.9. The number of rotatable bonds is 1. The second-order valence-corrected chi connectivity index (χ2v) is 9.14. The minimum atomic E-state index is -0.0517. The van der Waals surface area contributed by atoms with Crippen molar-refractivity contribution in [3.05, 3.63) is 11.6 Å². The molecule has 4 rings (SSSR count). The lowest BCUT2D eigenvalue weighted by Crippen LogP contribution is -2.51. The van der Waals surface area contributed by atoms with Crippen molar-refractivity contribution < 1.29 is 9.59 Å². The maximum absolute atomic E-state index is 12.7. The van der Waals surface area contributed by atoms with Crippen LogP contribution >= 0.6 is 0 Å². The highest BCUT2D eigenvalue weighted by molar-refractivity contribution is 5.91. The maximum Gasteiger partial charge on any atom is 0.155 e. The van der Waals surface area contributed by atoms with Crippen LogP contribution < -0.4 is 0 Å². The summed E-state index contributed by atoms with van der Waals surface area (Å²) in [7, 11) is 0. The summed E-state index contributed by atoms with van der Waals surface area (Å²) in [6, 6.07) is 0. The third kappa shape index (κ3) is 1.99. The molecule has 0 radical (unpaired) electrons. The zero-order chi connectivity index (χ0) is 16.4. The molecule has 3 saturated carbocycles. The zero-order valence-corrected chi connectivity index (χ0v) is 14.9. The summed E-state index contributed by atoms with van der Waals surface area (Å²) in [5.41, 5.74) is 1.60. The van der Waals surface area contributed by atoms with Crippen LogP contribution in [0.5, 0.6) is 0 Å². The lowest BCUT2D eigenvalue weighted by atomic mass is 9.46. The molecule has 2 heteroatoms. The van der Waals surface area contributed by atoms with E-state index in [1.807, 2.05) is 6.08 Å². The lowest BCUT2D eigenvalue weighted by molar-refractivity contribution is -0.133. The van der Waals surface area contributed by atoms with Crippen molar-refractivity contribution in [2.24, 2.45) is 34.5 Å². The number of fused-ring (bicyclic) bond motifs is 5. The normalized spacial score (nSPS) is 49.3. The molecule has 126 valence electrons. The van der Waals surface area contributed by atoms with Crippen LogP contribution in [-0.2, 0) is 9.59 Å². The fourth-order valence-corrected chi connectivity index (χ4v) is 7.00. The molecule has 0 N–H and O–H groups in total. The summed E-state index contributed by atoms with van der Waals surface area (Å²) < 4.78 is 0. The summed E-state index contributed by atoms with van der Waals surface area (Å²) >= 11 is 0. The van der Waals surface area contributed by atoms with Crippen LogP contribution in [0.15, 0.2) is 11.6 Å². The van der Waals surface area contributed by atoms with Gasteiger partial charge < -0.3 is 0 Å². The van der Waals surface area contributed by atoms with Crippen LogP contribution in [0.3, 0.4) is 0 Å². The topological polar surface area (TPSA) is 34.1 Å². The highest BCUT2D eigenvalue weighted by atomic mass is 16.1. The Morgan fingerprint density at radius 2 is 1.87 bits per heavy atom. The Morgan fingerprint density at radius 3 is 2.61 bits per heavy atom. The molecule has 0 bridgehead atoms. The van der Waals surface area contributed by atoms with Gasteiger partial charge in [0.05, 0.1) is 0 Å². The lowest BCUT2D eigenvalue weighted by Gasteiger charge is -2.57. The van der Waals surface area contributed by atoms with Crippen LogP contribution in [0.2, 0.25) is 0 Å². The molecule has 0 heterocycles. The molecule has 6 atom stereocenters. The average molecular weight is 314 g/mol. The van der Waals surface area contributed by atoms with E-state index < -0.39 is 0 Å². The molecule has 4 aliphatic rings. The fourth-order valence-electron chi connectivity index (χ4n) is 7.00. The smallest absolute Gasteiger partial charge is 0.155 e. The van der Waals surface area contributed by atoms with E-state index >= 15 is 0 Å². The molecule has 0 aromatic rings. The van der Waals surface area contributed by atoms with Crippen LogP contribution in [0.4, 0.5) is 0 Å². The SMILES string of the molecule is CCC1CC(=O)[C@@]2(C)CC[C@@H]3[C@@H](CCC4=CC(=O)CC[C@@]43C)[C@H]12.